The molecule has 0 aliphatic carbocycles. The number of unbranched alkanes of at least 4 members (excludes halogenated alkanes) is 6. The summed E-state index contributed by atoms with van der Waals surface area (Å²) in [6, 6.07) is 18.1. The second kappa shape index (κ2) is 16.9. The van der Waals surface area contributed by atoms with Crippen LogP contribution < -0.4 is 0 Å². The Bertz CT molecular complexity index is 1020. The molecule has 35 heavy (non-hydrogen) atoms. The standard InChI is InChI=1S/C33H46N2/c1-5-9-12-14-17-28-19-16-22-30(25-28)33(29-21-15-18-27(8-4)24-29)32(23-13-10-6-2)31(26-35-34)20-11-7-3/h15-16,18-19,21-22,24-25H,5-14,17,20,23H2,1-4H3. The van der Waals surface area contributed by atoms with E-state index in [0.717, 1.165) is 50.5 Å². The number of nitrogens with zero attached hydrogens (tertiary/aromatic N) is 2. The Hall–Kier alpha value is -2.66. The highest BCUT2D eigenvalue weighted by molar-refractivity contribution is 5.87. The van der Waals surface area contributed by atoms with E-state index in [4.69, 9.17) is 0 Å². The molecule has 2 heteroatoms. The Morgan fingerprint density at radius 1 is 0.714 bits per heavy atom. The molecule has 0 aliphatic rings. The number of hydrogen-bond acceptors (Lipinski definition) is 0. The maximum absolute atomic E-state index is 9.52. The van der Waals surface area contributed by atoms with Crippen LogP contribution in [0.1, 0.15) is 121 Å². The van der Waals surface area contributed by atoms with E-state index in [1.54, 1.807) is 0 Å². The monoisotopic (exact) mass is 470 g/mol. The average Bonchev–Trinajstić information content (AvgIpc) is 2.89. The fraction of sp³-hybridized carbons (Fsp3) is 0.515. The van der Waals surface area contributed by atoms with Crippen LogP contribution in [0.15, 0.2) is 59.7 Å². The summed E-state index contributed by atoms with van der Waals surface area (Å²) in [5, 5.41) is 0. The molecule has 0 spiro atoms. The van der Waals surface area contributed by atoms with Crippen molar-refractivity contribution in [2.24, 2.45) is 0 Å². The van der Waals surface area contributed by atoms with Gasteiger partial charge in [-0.25, -0.2) is 0 Å². The van der Waals surface area contributed by atoms with Gasteiger partial charge >= 0.3 is 5.87 Å². The molecule has 2 rings (SSSR count). The molecular weight excluding hydrogens is 424 g/mol. The third kappa shape index (κ3) is 9.48. The summed E-state index contributed by atoms with van der Waals surface area (Å²) in [7, 11) is 0. The predicted molar refractivity (Wildman–Crippen MR) is 152 cm³/mol. The molecule has 0 N–H and O–H groups in total. The molecule has 0 radical (unpaired) electrons. The van der Waals surface area contributed by atoms with Gasteiger partial charge in [-0.3, -0.25) is 0 Å². The van der Waals surface area contributed by atoms with Crippen molar-refractivity contribution in [3.63, 3.8) is 0 Å². The van der Waals surface area contributed by atoms with Crippen LogP contribution in [0, 0.1) is 0 Å². The smallest absolute Gasteiger partial charge is 0.303 e. The van der Waals surface area contributed by atoms with Crippen LogP contribution in [0.5, 0.6) is 0 Å². The first-order chi connectivity index (χ1) is 17.2. The van der Waals surface area contributed by atoms with Crippen LogP contribution in [0.3, 0.4) is 0 Å². The van der Waals surface area contributed by atoms with Crippen LogP contribution in [0.2, 0.25) is 0 Å². The second-order valence-electron chi connectivity index (χ2n) is 9.67. The van der Waals surface area contributed by atoms with Crippen LogP contribution in [-0.2, 0) is 12.8 Å². The van der Waals surface area contributed by atoms with Gasteiger partial charge in [0.15, 0.2) is 0 Å². The molecule has 0 unspecified atom stereocenters. The first-order valence-corrected chi connectivity index (χ1v) is 14.1. The van der Waals surface area contributed by atoms with E-state index in [1.807, 2.05) is 0 Å². The third-order valence-corrected chi connectivity index (χ3v) is 6.82. The molecule has 0 aliphatic heterocycles. The fourth-order valence-corrected chi connectivity index (χ4v) is 4.77. The maximum atomic E-state index is 9.52. The lowest BCUT2D eigenvalue weighted by Crippen LogP contribution is -2.02. The Labute approximate surface area is 214 Å². The maximum Gasteiger partial charge on any atom is 0.303 e. The summed E-state index contributed by atoms with van der Waals surface area (Å²) < 4.78 is 0. The molecule has 188 valence electrons. The SMILES string of the molecule is CCCCCCc1cccc(C(=C(CCCCC)C(=C=[N+]=[N-])CCCC)c2cccc(CC)c2)c1. The van der Waals surface area contributed by atoms with Crippen molar-refractivity contribution >= 4 is 11.4 Å². The normalized spacial score (nSPS) is 11.5. The Morgan fingerprint density at radius 2 is 1.34 bits per heavy atom. The van der Waals surface area contributed by atoms with Crippen LogP contribution in [0.25, 0.3) is 11.1 Å². The molecule has 2 nitrogen and oxygen atoms in total. The van der Waals surface area contributed by atoms with Gasteiger partial charge in [-0.1, -0.05) is 115 Å². The molecular formula is C33H46N2. The van der Waals surface area contributed by atoms with E-state index in [0.29, 0.717) is 0 Å². The molecule has 0 saturated carbocycles. The number of rotatable bonds is 16. The minimum Gasteiger partial charge on any atom is -0.348 e. The van der Waals surface area contributed by atoms with Crippen LogP contribution in [0.4, 0.5) is 0 Å². The molecule has 0 amide bonds. The summed E-state index contributed by atoms with van der Waals surface area (Å²) >= 11 is 0. The lowest BCUT2D eigenvalue weighted by atomic mass is 9.84. The van der Waals surface area contributed by atoms with E-state index in [9.17, 15) is 5.53 Å². The number of allylic oxidation sites excluding steroid dienone is 2. The average molecular weight is 471 g/mol. The van der Waals surface area contributed by atoms with Crippen molar-refractivity contribution < 1.29 is 4.79 Å². The number of benzene rings is 2. The van der Waals surface area contributed by atoms with Gasteiger partial charge in [0.1, 0.15) is 0 Å². The molecule has 2 aromatic carbocycles. The van der Waals surface area contributed by atoms with Crippen LogP contribution >= 0.6 is 0 Å². The minimum atomic E-state index is 0.885. The largest absolute Gasteiger partial charge is 0.348 e. The number of hydrogen-bond donors (Lipinski definition) is 0. The first kappa shape index (κ1) is 28.6. The lowest BCUT2D eigenvalue weighted by molar-refractivity contribution is 0.00739. The summed E-state index contributed by atoms with van der Waals surface area (Å²) in [5.74, 6) is 3.00. The minimum absolute atomic E-state index is 0.885. The van der Waals surface area contributed by atoms with E-state index >= 15 is 0 Å². The van der Waals surface area contributed by atoms with Gasteiger partial charge in [-0.2, -0.15) is 0 Å². The second-order valence-corrected chi connectivity index (χ2v) is 9.67. The third-order valence-electron chi connectivity index (χ3n) is 6.82. The Kier molecular flexibility index (Phi) is 13.8. The summed E-state index contributed by atoms with van der Waals surface area (Å²) in [6.45, 7) is 8.94. The van der Waals surface area contributed by atoms with Gasteiger partial charge in [0.2, 0.25) is 0 Å². The highest BCUT2D eigenvalue weighted by atomic mass is 14.8. The molecule has 0 fully saturated rings. The van der Waals surface area contributed by atoms with Gasteiger partial charge < -0.3 is 5.53 Å². The zero-order chi connectivity index (χ0) is 25.3. The van der Waals surface area contributed by atoms with Gasteiger partial charge in [0.25, 0.3) is 0 Å². The zero-order valence-corrected chi connectivity index (χ0v) is 22.7. The van der Waals surface area contributed by atoms with Gasteiger partial charge in [0.05, 0.1) is 5.57 Å². The topological polar surface area (TPSA) is 36.4 Å². The summed E-state index contributed by atoms with van der Waals surface area (Å²) in [4.78, 5) is 3.40. The predicted octanol–water partition coefficient (Wildman–Crippen LogP) is 9.77. The van der Waals surface area contributed by atoms with Gasteiger partial charge in [-0.15, -0.1) is 4.79 Å². The zero-order valence-electron chi connectivity index (χ0n) is 22.7. The van der Waals surface area contributed by atoms with Crippen molar-refractivity contribution in [3.05, 3.63) is 87.5 Å². The van der Waals surface area contributed by atoms with Gasteiger partial charge in [0, 0.05) is 0 Å². The molecule has 0 saturated heterocycles. The van der Waals surface area contributed by atoms with Crippen molar-refractivity contribution in [2.45, 2.75) is 111 Å². The quantitative estimate of drug-likeness (QED) is 0.0769. The molecule has 0 heterocycles. The Morgan fingerprint density at radius 3 is 1.97 bits per heavy atom. The first-order valence-electron chi connectivity index (χ1n) is 14.1. The van der Waals surface area contributed by atoms with Crippen molar-refractivity contribution in [1.82, 2.24) is 0 Å². The van der Waals surface area contributed by atoms with Crippen molar-refractivity contribution in [3.8, 4) is 0 Å². The highest BCUT2D eigenvalue weighted by Crippen LogP contribution is 2.35. The van der Waals surface area contributed by atoms with Crippen molar-refractivity contribution in [2.75, 3.05) is 0 Å². The molecule has 2 aromatic rings. The fourth-order valence-electron chi connectivity index (χ4n) is 4.77. The van der Waals surface area contributed by atoms with Crippen LogP contribution in [-0.4, -0.2) is 10.7 Å². The lowest BCUT2D eigenvalue weighted by Gasteiger charge is -2.19. The molecule has 0 aromatic heterocycles. The highest BCUT2D eigenvalue weighted by Gasteiger charge is 2.18. The van der Waals surface area contributed by atoms with E-state index in [2.05, 4.69) is 86.9 Å². The van der Waals surface area contributed by atoms with Crippen molar-refractivity contribution in [1.29, 1.82) is 0 Å². The molecule has 0 atom stereocenters. The van der Waals surface area contributed by atoms with E-state index < -0.39 is 0 Å². The summed E-state index contributed by atoms with van der Waals surface area (Å²) in [6.07, 6.45) is 14.8. The Balaban J connectivity index is 2.71. The van der Waals surface area contributed by atoms with Gasteiger partial charge in [-0.05, 0) is 78.3 Å². The number of aryl methyl sites for hydroxylation is 2. The summed E-state index contributed by atoms with van der Waals surface area (Å²) in [5.41, 5.74) is 18.4. The van der Waals surface area contributed by atoms with E-state index in [-0.39, 0.29) is 0 Å². The molecule has 0 bridgehead atoms. The van der Waals surface area contributed by atoms with E-state index in [1.165, 1.54) is 71.9 Å².